The summed E-state index contributed by atoms with van der Waals surface area (Å²) in [5.41, 5.74) is 2.17. The van der Waals surface area contributed by atoms with Crippen LogP contribution in [0.3, 0.4) is 0 Å². The fourth-order valence-electron chi connectivity index (χ4n) is 2.18. The SMILES string of the molecule is N#Cc1ccc(CNc2ccc3c(Cl)ccnc3c2F)cc1. The molecule has 3 nitrogen and oxygen atoms in total. The van der Waals surface area contributed by atoms with E-state index in [1.807, 2.05) is 12.1 Å². The predicted octanol–water partition coefficient (Wildman–Crippen LogP) is 4.51. The summed E-state index contributed by atoms with van der Waals surface area (Å²) < 4.78 is 14.4. The molecule has 2 aromatic carbocycles. The summed E-state index contributed by atoms with van der Waals surface area (Å²) >= 11 is 6.03. The number of nitrogens with one attached hydrogen (secondary N) is 1. The van der Waals surface area contributed by atoms with E-state index in [1.165, 1.54) is 6.20 Å². The molecule has 0 aliphatic heterocycles. The van der Waals surface area contributed by atoms with Gasteiger partial charge in [0, 0.05) is 18.1 Å². The number of rotatable bonds is 3. The Balaban J connectivity index is 1.85. The number of nitriles is 1. The summed E-state index contributed by atoms with van der Waals surface area (Å²) in [5, 5.41) is 12.9. The number of hydrogen-bond acceptors (Lipinski definition) is 3. The van der Waals surface area contributed by atoms with Gasteiger partial charge in [-0.3, -0.25) is 4.98 Å². The van der Waals surface area contributed by atoms with Gasteiger partial charge in [0.2, 0.25) is 0 Å². The molecular formula is C17H11ClFN3. The van der Waals surface area contributed by atoms with E-state index in [2.05, 4.69) is 16.4 Å². The largest absolute Gasteiger partial charge is 0.379 e. The lowest BCUT2D eigenvalue weighted by atomic mass is 10.1. The van der Waals surface area contributed by atoms with Crippen molar-refractivity contribution in [3.63, 3.8) is 0 Å². The van der Waals surface area contributed by atoms with Crippen LogP contribution in [0.25, 0.3) is 10.9 Å². The highest BCUT2D eigenvalue weighted by molar-refractivity contribution is 6.35. The molecule has 1 heterocycles. The molecule has 0 aliphatic carbocycles. The highest BCUT2D eigenvalue weighted by atomic mass is 35.5. The zero-order valence-corrected chi connectivity index (χ0v) is 12.2. The smallest absolute Gasteiger partial charge is 0.172 e. The van der Waals surface area contributed by atoms with Crippen molar-refractivity contribution in [2.45, 2.75) is 6.54 Å². The van der Waals surface area contributed by atoms with E-state index < -0.39 is 5.82 Å². The highest BCUT2D eigenvalue weighted by Crippen LogP contribution is 2.28. The van der Waals surface area contributed by atoms with Crippen molar-refractivity contribution in [1.82, 2.24) is 4.98 Å². The predicted molar refractivity (Wildman–Crippen MR) is 85.2 cm³/mol. The summed E-state index contributed by atoms with van der Waals surface area (Å²) in [4.78, 5) is 4.04. The van der Waals surface area contributed by atoms with Crippen molar-refractivity contribution < 1.29 is 4.39 Å². The summed E-state index contributed by atoms with van der Waals surface area (Å²) in [7, 11) is 0. The molecule has 0 bridgehead atoms. The molecule has 0 spiro atoms. The summed E-state index contributed by atoms with van der Waals surface area (Å²) in [6, 6.07) is 14.2. The van der Waals surface area contributed by atoms with Crippen molar-refractivity contribution in [2.24, 2.45) is 0 Å². The van der Waals surface area contributed by atoms with Gasteiger partial charge in [0.05, 0.1) is 22.3 Å². The van der Waals surface area contributed by atoms with E-state index in [1.54, 1.807) is 30.3 Å². The van der Waals surface area contributed by atoms with Crippen molar-refractivity contribution in [3.05, 3.63) is 70.6 Å². The first-order valence-electron chi connectivity index (χ1n) is 6.64. The molecule has 3 rings (SSSR count). The first-order valence-corrected chi connectivity index (χ1v) is 7.02. The van der Waals surface area contributed by atoms with Gasteiger partial charge in [0.25, 0.3) is 0 Å². The Morgan fingerprint density at radius 1 is 1.14 bits per heavy atom. The molecule has 1 N–H and O–H groups in total. The molecule has 0 fully saturated rings. The Morgan fingerprint density at radius 2 is 1.91 bits per heavy atom. The maximum absolute atomic E-state index is 14.4. The highest BCUT2D eigenvalue weighted by Gasteiger charge is 2.10. The summed E-state index contributed by atoms with van der Waals surface area (Å²) in [5.74, 6) is -0.423. The first-order chi connectivity index (χ1) is 10.7. The van der Waals surface area contributed by atoms with Gasteiger partial charge in [-0.15, -0.1) is 0 Å². The molecule has 3 aromatic rings. The minimum Gasteiger partial charge on any atom is -0.379 e. The quantitative estimate of drug-likeness (QED) is 0.774. The van der Waals surface area contributed by atoms with Gasteiger partial charge >= 0.3 is 0 Å². The van der Waals surface area contributed by atoms with Gasteiger partial charge in [-0.05, 0) is 35.9 Å². The molecule has 0 atom stereocenters. The van der Waals surface area contributed by atoms with E-state index in [0.29, 0.717) is 28.2 Å². The molecule has 0 saturated heterocycles. The number of hydrogen-bond donors (Lipinski definition) is 1. The third-order valence-electron chi connectivity index (χ3n) is 3.36. The minimum absolute atomic E-state index is 0.248. The van der Waals surface area contributed by atoms with Crippen LogP contribution < -0.4 is 5.32 Å². The number of benzene rings is 2. The molecule has 0 saturated carbocycles. The van der Waals surface area contributed by atoms with Crippen LogP contribution in [0.1, 0.15) is 11.1 Å². The Hall–Kier alpha value is -2.64. The molecule has 108 valence electrons. The van der Waals surface area contributed by atoms with Gasteiger partial charge < -0.3 is 5.32 Å². The second-order valence-corrected chi connectivity index (χ2v) is 5.19. The van der Waals surface area contributed by atoms with Gasteiger partial charge in [-0.1, -0.05) is 23.7 Å². The number of anilines is 1. The van der Waals surface area contributed by atoms with Crippen molar-refractivity contribution in [2.75, 3.05) is 5.32 Å². The van der Waals surface area contributed by atoms with Crippen molar-refractivity contribution in [3.8, 4) is 6.07 Å². The zero-order valence-electron chi connectivity index (χ0n) is 11.5. The molecular weight excluding hydrogens is 301 g/mol. The third-order valence-corrected chi connectivity index (χ3v) is 3.69. The van der Waals surface area contributed by atoms with Crippen LogP contribution in [-0.2, 0) is 6.54 Å². The van der Waals surface area contributed by atoms with Crippen molar-refractivity contribution >= 4 is 28.2 Å². The molecule has 22 heavy (non-hydrogen) atoms. The number of aromatic nitrogens is 1. The van der Waals surface area contributed by atoms with Gasteiger partial charge in [0.15, 0.2) is 5.82 Å². The Morgan fingerprint density at radius 3 is 2.64 bits per heavy atom. The number of fused-ring (bicyclic) bond motifs is 1. The average molecular weight is 312 g/mol. The third kappa shape index (κ3) is 2.72. The first kappa shape index (κ1) is 14.3. The second-order valence-electron chi connectivity index (χ2n) is 4.78. The zero-order chi connectivity index (χ0) is 15.5. The Bertz CT molecular complexity index is 869. The number of nitrogens with zero attached hydrogens (tertiary/aromatic N) is 2. The average Bonchev–Trinajstić information content (AvgIpc) is 2.55. The van der Waals surface area contributed by atoms with Crippen molar-refractivity contribution in [1.29, 1.82) is 5.26 Å². The summed E-state index contributed by atoms with van der Waals surface area (Å²) in [6.45, 7) is 0.453. The van der Waals surface area contributed by atoms with E-state index in [0.717, 1.165) is 5.56 Å². The Labute approximate surface area is 132 Å². The van der Waals surface area contributed by atoms with E-state index >= 15 is 0 Å². The van der Waals surface area contributed by atoms with Crippen LogP contribution in [0.15, 0.2) is 48.7 Å². The monoisotopic (exact) mass is 311 g/mol. The van der Waals surface area contributed by atoms with E-state index in [4.69, 9.17) is 16.9 Å². The normalized spacial score (nSPS) is 10.4. The van der Waals surface area contributed by atoms with Crippen LogP contribution in [0.5, 0.6) is 0 Å². The number of halogens is 2. The lowest BCUT2D eigenvalue weighted by Gasteiger charge is -2.10. The molecule has 0 radical (unpaired) electrons. The molecule has 1 aromatic heterocycles. The fraction of sp³-hybridized carbons (Fsp3) is 0.0588. The molecule has 0 amide bonds. The van der Waals surface area contributed by atoms with Gasteiger partial charge in [-0.25, -0.2) is 4.39 Å². The summed E-state index contributed by atoms with van der Waals surface area (Å²) in [6.07, 6.45) is 1.48. The van der Waals surface area contributed by atoms with Gasteiger partial charge in [0.1, 0.15) is 5.52 Å². The molecule has 0 unspecified atom stereocenters. The lowest BCUT2D eigenvalue weighted by Crippen LogP contribution is -2.02. The number of pyridine rings is 1. The van der Waals surface area contributed by atoms with E-state index in [-0.39, 0.29) is 5.52 Å². The molecule has 0 aliphatic rings. The lowest BCUT2D eigenvalue weighted by molar-refractivity contribution is 0.639. The van der Waals surface area contributed by atoms with Crippen LogP contribution in [0.2, 0.25) is 5.02 Å². The second kappa shape index (κ2) is 6.00. The van der Waals surface area contributed by atoms with Crippen LogP contribution in [-0.4, -0.2) is 4.98 Å². The maximum Gasteiger partial charge on any atom is 0.172 e. The van der Waals surface area contributed by atoms with E-state index in [9.17, 15) is 4.39 Å². The minimum atomic E-state index is -0.423. The standard InChI is InChI=1S/C17H11ClFN3/c18-14-7-8-21-17-13(14)5-6-15(16(17)19)22-10-12-3-1-11(9-20)2-4-12/h1-8,22H,10H2. The Kier molecular flexibility index (Phi) is 3.90. The van der Waals surface area contributed by atoms with Crippen LogP contribution in [0, 0.1) is 17.1 Å². The molecule has 5 heteroatoms. The maximum atomic E-state index is 14.4. The van der Waals surface area contributed by atoms with Crippen LogP contribution in [0.4, 0.5) is 10.1 Å². The van der Waals surface area contributed by atoms with Gasteiger partial charge in [-0.2, -0.15) is 5.26 Å². The fourth-order valence-corrected chi connectivity index (χ4v) is 2.39. The topological polar surface area (TPSA) is 48.7 Å². The van der Waals surface area contributed by atoms with Crippen LogP contribution >= 0.6 is 11.6 Å².